The van der Waals surface area contributed by atoms with E-state index in [0.717, 1.165) is 6.20 Å². The van der Waals surface area contributed by atoms with E-state index in [1.165, 1.54) is 13.2 Å². The molecule has 1 heterocycles. The molecule has 6 heteroatoms. The minimum Gasteiger partial charge on any atom is -0.465 e. The number of nitrogens with one attached hydrogen (secondary N) is 1. The number of rotatable bonds is 4. The first kappa shape index (κ1) is 15.3. The number of carbonyl (C=O) groups excluding carboxylic acids is 1. The van der Waals surface area contributed by atoms with Crippen molar-refractivity contribution in [3.05, 3.63) is 58.6 Å². The first-order valence-electron chi connectivity index (χ1n) is 6.27. The number of anilines is 1. The minimum absolute atomic E-state index is 0.198. The van der Waals surface area contributed by atoms with Gasteiger partial charge in [0.1, 0.15) is 5.82 Å². The van der Waals surface area contributed by atoms with Crippen molar-refractivity contribution < 1.29 is 13.9 Å². The fourth-order valence-electron chi connectivity index (χ4n) is 1.83. The molecule has 1 N–H and O–H groups in total. The predicted octanol–water partition coefficient (Wildman–Crippen LogP) is 3.83. The van der Waals surface area contributed by atoms with Crippen molar-refractivity contribution in [2.24, 2.45) is 0 Å². The van der Waals surface area contributed by atoms with E-state index < -0.39 is 11.8 Å². The number of aromatic nitrogens is 1. The molecule has 21 heavy (non-hydrogen) atoms. The highest BCUT2D eigenvalue weighted by atomic mass is 35.5. The van der Waals surface area contributed by atoms with Gasteiger partial charge in [0.15, 0.2) is 0 Å². The van der Waals surface area contributed by atoms with Gasteiger partial charge in [-0.3, -0.25) is 4.98 Å². The van der Waals surface area contributed by atoms with Crippen molar-refractivity contribution in [1.29, 1.82) is 0 Å². The Hall–Kier alpha value is -2.14. The molecule has 110 valence electrons. The SMILES string of the molecule is COC(=O)c1ccc(Cl)c(NC(C)c2ccc(F)cn2)c1. The standard InChI is InChI=1S/C15H14ClFN2O2/c1-9(13-6-4-11(17)8-18-13)19-14-7-10(15(20)21-2)3-5-12(14)16/h3-9,19H,1-2H3. The lowest BCUT2D eigenvalue weighted by Crippen LogP contribution is -2.10. The maximum Gasteiger partial charge on any atom is 0.337 e. The monoisotopic (exact) mass is 308 g/mol. The number of esters is 1. The fourth-order valence-corrected chi connectivity index (χ4v) is 2.00. The van der Waals surface area contributed by atoms with Gasteiger partial charge >= 0.3 is 5.97 Å². The Labute approximate surface area is 126 Å². The second-order valence-electron chi connectivity index (χ2n) is 4.45. The molecule has 1 atom stereocenters. The number of carbonyl (C=O) groups is 1. The molecule has 0 spiro atoms. The molecule has 1 unspecified atom stereocenters. The topological polar surface area (TPSA) is 51.2 Å². The minimum atomic E-state index is -0.442. The second kappa shape index (κ2) is 6.54. The second-order valence-corrected chi connectivity index (χ2v) is 4.86. The third kappa shape index (κ3) is 3.70. The normalized spacial score (nSPS) is 11.8. The van der Waals surface area contributed by atoms with Crippen LogP contribution in [0.5, 0.6) is 0 Å². The lowest BCUT2D eigenvalue weighted by Gasteiger charge is -2.16. The Balaban J connectivity index is 2.22. The van der Waals surface area contributed by atoms with E-state index in [9.17, 15) is 9.18 Å². The Kier molecular flexibility index (Phi) is 4.75. The van der Waals surface area contributed by atoms with E-state index in [-0.39, 0.29) is 6.04 Å². The summed E-state index contributed by atoms with van der Waals surface area (Å²) in [5.74, 6) is -0.834. The summed E-state index contributed by atoms with van der Waals surface area (Å²) in [6.07, 6.45) is 1.15. The predicted molar refractivity (Wildman–Crippen MR) is 79.0 cm³/mol. The third-order valence-electron chi connectivity index (χ3n) is 2.95. The zero-order valence-corrected chi connectivity index (χ0v) is 12.3. The van der Waals surface area contributed by atoms with E-state index in [4.69, 9.17) is 11.6 Å². The van der Waals surface area contributed by atoms with Crippen LogP contribution >= 0.6 is 11.6 Å². The average Bonchev–Trinajstić information content (AvgIpc) is 2.49. The Morgan fingerprint density at radius 1 is 1.38 bits per heavy atom. The van der Waals surface area contributed by atoms with Gasteiger partial charge in [0, 0.05) is 0 Å². The molecule has 0 saturated carbocycles. The Bertz CT molecular complexity index is 647. The largest absolute Gasteiger partial charge is 0.465 e. The van der Waals surface area contributed by atoms with E-state index >= 15 is 0 Å². The molecule has 4 nitrogen and oxygen atoms in total. The summed E-state index contributed by atoms with van der Waals surface area (Å²) in [6, 6.07) is 7.53. The first-order chi connectivity index (χ1) is 10.0. The quantitative estimate of drug-likeness (QED) is 0.872. The van der Waals surface area contributed by atoms with Gasteiger partial charge in [0.2, 0.25) is 0 Å². The summed E-state index contributed by atoms with van der Waals surface area (Å²) in [5, 5.41) is 3.61. The molecule has 1 aromatic carbocycles. The highest BCUT2D eigenvalue weighted by Gasteiger charge is 2.12. The summed E-state index contributed by atoms with van der Waals surface area (Å²) in [6.45, 7) is 1.86. The van der Waals surface area contributed by atoms with Gasteiger partial charge in [0.25, 0.3) is 0 Å². The van der Waals surface area contributed by atoms with Gasteiger partial charge in [-0.1, -0.05) is 11.6 Å². The maximum atomic E-state index is 12.9. The molecule has 0 aliphatic heterocycles. The molecule has 0 aliphatic rings. The molecule has 0 fully saturated rings. The molecule has 0 radical (unpaired) electrons. The smallest absolute Gasteiger partial charge is 0.337 e. The highest BCUT2D eigenvalue weighted by Crippen LogP contribution is 2.27. The van der Waals surface area contributed by atoms with Crippen LogP contribution in [0.2, 0.25) is 5.02 Å². The Morgan fingerprint density at radius 3 is 2.76 bits per heavy atom. The van der Waals surface area contributed by atoms with Crippen molar-refractivity contribution in [3.8, 4) is 0 Å². The van der Waals surface area contributed by atoms with Crippen molar-refractivity contribution >= 4 is 23.3 Å². The lowest BCUT2D eigenvalue weighted by atomic mass is 10.1. The number of halogens is 2. The molecule has 0 amide bonds. The van der Waals surface area contributed by atoms with Crippen LogP contribution in [0.25, 0.3) is 0 Å². The number of hydrogen-bond acceptors (Lipinski definition) is 4. The van der Waals surface area contributed by atoms with Gasteiger partial charge in [-0.05, 0) is 37.3 Å². The molecule has 0 bridgehead atoms. The fraction of sp³-hybridized carbons (Fsp3) is 0.200. The zero-order chi connectivity index (χ0) is 15.4. The number of hydrogen-bond donors (Lipinski definition) is 1. The van der Waals surface area contributed by atoms with Crippen molar-refractivity contribution in [2.45, 2.75) is 13.0 Å². The Morgan fingerprint density at radius 2 is 2.14 bits per heavy atom. The van der Waals surface area contributed by atoms with Crippen molar-refractivity contribution in [2.75, 3.05) is 12.4 Å². The zero-order valence-electron chi connectivity index (χ0n) is 11.6. The molecular weight excluding hydrogens is 295 g/mol. The summed E-state index contributed by atoms with van der Waals surface area (Å²) < 4.78 is 17.5. The molecule has 2 rings (SSSR count). The van der Waals surface area contributed by atoms with E-state index in [1.54, 1.807) is 24.3 Å². The van der Waals surface area contributed by atoms with Gasteiger partial charge in [-0.15, -0.1) is 0 Å². The van der Waals surface area contributed by atoms with Crippen LogP contribution in [0.1, 0.15) is 29.0 Å². The van der Waals surface area contributed by atoms with E-state index in [1.807, 2.05) is 6.92 Å². The molecular formula is C15H14ClFN2O2. The highest BCUT2D eigenvalue weighted by molar-refractivity contribution is 6.33. The number of ether oxygens (including phenoxy) is 1. The number of benzene rings is 1. The van der Waals surface area contributed by atoms with Crippen LogP contribution in [0.15, 0.2) is 36.5 Å². The van der Waals surface area contributed by atoms with Gasteiger partial charge < -0.3 is 10.1 Å². The van der Waals surface area contributed by atoms with E-state index in [0.29, 0.717) is 22.0 Å². The summed E-state index contributed by atoms with van der Waals surface area (Å²) >= 11 is 6.11. The molecule has 1 aromatic heterocycles. The van der Waals surface area contributed by atoms with Crippen molar-refractivity contribution in [1.82, 2.24) is 4.98 Å². The number of methoxy groups -OCH3 is 1. The van der Waals surface area contributed by atoms with Gasteiger partial charge in [-0.25, -0.2) is 9.18 Å². The van der Waals surface area contributed by atoms with Crippen LogP contribution in [-0.2, 0) is 4.74 Å². The van der Waals surface area contributed by atoms with Crippen LogP contribution < -0.4 is 5.32 Å². The number of pyridine rings is 1. The van der Waals surface area contributed by atoms with E-state index in [2.05, 4.69) is 15.0 Å². The third-order valence-corrected chi connectivity index (χ3v) is 3.28. The summed E-state index contributed by atoms with van der Waals surface area (Å²) in [5.41, 5.74) is 1.64. The maximum absolute atomic E-state index is 12.9. The average molecular weight is 309 g/mol. The molecule has 0 aliphatic carbocycles. The summed E-state index contributed by atoms with van der Waals surface area (Å²) in [7, 11) is 1.31. The first-order valence-corrected chi connectivity index (χ1v) is 6.65. The lowest BCUT2D eigenvalue weighted by molar-refractivity contribution is 0.0601. The van der Waals surface area contributed by atoms with Crippen LogP contribution in [0.3, 0.4) is 0 Å². The number of nitrogens with zero attached hydrogens (tertiary/aromatic N) is 1. The van der Waals surface area contributed by atoms with Gasteiger partial charge in [-0.2, -0.15) is 0 Å². The van der Waals surface area contributed by atoms with Crippen molar-refractivity contribution in [3.63, 3.8) is 0 Å². The van der Waals surface area contributed by atoms with Crippen LogP contribution in [0.4, 0.5) is 10.1 Å². The van der Waals surface area contributed by atoms with Gasteiger partial charge in [0.05, 0.1) is 41.3 Å². The van der Waals surface area contributed by atoms with Crippen LogP contribution in [0, 0.1) is 5.82 Å². The van der Waals surface area contributed by atoms with Crippen LogP contribution in [-0.4, -0.2) is 18.1 Å². The molecule has 0 saturated heterocycles. The summed E-state index contributed by atoms with van der Waals surface area (Å²) in [4.78, 5) is 15.5. The molecule has 2 aromatic rings.